The maximum absolute atomic E-state index is 11.3. The normalized spacial score (nSPS) is 10.3. The quantitative estimate of drug-likeness (QED) is 0.858. The number of aryl methyl sites for hydroxylation is 1. The summed E-state index contributed by atoms with van der Waals surface area (Å²) in [5, 5.41) is 0.688. The van der Waals surface area contributed by atoms with Gasteiger partial charge in [-0.3, -0.25) is 4.79 Å². The van der Waals surface area contributed by atoms with Crippen LogP contribution in [0, 0.1) is 6.92 Å². The van der Waals surface area contributed by atoms with Crippen LogP contribution in [0.2, 0.25) is 0 Å². The van der Waals surface area contributed by atoms with Crippen LogP contribution in [0.3, 0.4) is 0 Å². The summed E-state index contributed by atoms with van der Waals surface area (Å²) in [6, 6.07) is 11.6. The maximum atomic E-state index is 11.3. The van der Waals surface area contributed by atoms with E-state index < -0.39 is 5.91 Å². The summed E-state index contributed by atoms with van der Waals surface area (Å²) in [4.78, 5) is 15.5. The second-order valence-corrected chi connectivity index (χ2v) is 4.90. The highest BCUT2D eigenvalue weighted by atomic mass is 32.2. The van der Waals surface area contributed by atoms with Crippen LogP contribution in [0.25, 0.3) is 0 Å². The molecular weight excluding hydrogens is 244 g/mol. The van der Waals surface area contributed by atoms with Crippen LogP contribution < -0.4 is 5.73 Å². The van der Waals surface area contributed by atoms with Gasteiger partial charge in [-0.1, -0.05) is 24.3 Å². The molecule has 2 N–H and O–H groups in total. The number of thioether (sulfide) groups is 1. The minimum absolute atomic E-state index is 0.435. The number of hydrogen-bond acceptors (Lipinski definition) is 3. The van der Waals surface area contributed by atoms with E-state index in [4.69, 9.17) is 5.73 Å². The van der Waals surface area contributed by atoms with Gasteiger partial charge >= 0.3 is 0 Å². The second kappa shape index (κ2) is 5.69. The summed E-state index contributed by atoms with van der Waals surface area (Å²) in [7, 11) is 0. The van der Waals surface area contributed by atoms with Crippen molar-refractivity contribution in [2.24, 2.45) is 5.73 Å². The molecule has 92 valence electrons. The van der Waals surface area contributed by atoms with Gasteiger partial charge in [-0.05, 0) is 30.2 Å². The van der Waals surface area contributed by atoms with Crippen molar-refractivity contribution in [3.63, 3.8) is 0 Å². The van der Waals surface area contributed by atoms with Gasteiger partial charge in [0.15, 0.2) is 0 Å². The smallest absolute Gasteiger partial charge is 0.251 e. The molecule has 0 aliphatic rings. The van der Waals surface area contributed by atoms with Crippen LogP contribution in [-0.4, -0.2) is 10.9 Å². The highest BCUT2D eigenvalue weighted by molar-refractivity contribution is 7.98. The van der Waals surface area contributed by atoms with Crippen molar-refractivity contribution in [3.05, 3.63) is 59.3 Å². The zero-order valence-corrected chi connectivity index (χ0v) is 10.9. The Balaban J connectivity index is 2.16. The number of benzene rings is 1. The fourth-order valence-electron chi connectivity index (χ4n) is 1.61. The highest BCUT2D eigenvalue weighted by Gasteiger charge is 2.09. The van der Waals surface area contributed by atoms with Crippen LogP contribution in [0.1, 0.15) is 21.5 Å². The number of primary amides is 1. The van der Waals surface area contributed by atoms with Crippen molar-refractivity contribution in [2.75, 3.05) is 0 Å². The van der Waals surface area contributed by atoms with E-state index in [0.717, 1.165) is 5.75 Å². The minimum atomic E-state index is -0.435. The molecule has 1 amide bonds. The van der Waals surface area contributed by atoms with E-state index in [0.29, 0.717) is 10.6 Å². The summed E-state index contributed by atoms with van der Waals surface area (Å²) >= 11 is 1.53. The molecule has 0 spiro atoms. The number of aromatic nitrogens is 1. The summed E-state index contributed by atoms with van der Waals surface area (Å²) in [5.74, 6) is 0.347. The summed E-state index contributed by atoms with van der Waals surface area (Å²) in [6.45, 7) is 2.07. The van der Waals surface area contributed by atoms with Crippen LogP contribution in [0.5, 0.6) is 0 Å². The van der Waals surface area contributed by atoms with E-state index in [1.807, 2.05) is 12.1 Å². The molecule has 4 heteroatoms. The summed E-state index contributed by atoms with van der Waals surface area (Å²) in [5.41, 5.74) is 8.28. The molecule has 0 saturated heterocycles. The van der Waals surface area contributed by atoms with Crippen LogP contribution >= 0.6 is 11.8 Å². The molecule has 2 rings (SSSR count). The van der Waals surface area contributed by atoms with Gasteiger partial charge in [-0.2, -0.15) is 0 Å². The molecule has 0 unspecified atom stereocenters. The van der Waals surface area contributed by atoms with Crippen LogP contribution in [0.4, 0.5) is 0 Å². The van der Waals surface area contributed by atoms with Gasteiger partial charge in [0.05, 0.1) is 5.56 Å². The van der Waals surface area contributed by atoms with Crippen molar-refractivity contribution in [3.8, 4) is 0 Å². The molecule has 1 aromatic carbocycles. The summed E-state index contributed by atoms with van der Waals surface area (Å²) < 4.78 is 0. The average Bonchev–Trinajstić information content (AvgIpc) is 2.38. The zero-order chi connectivity index (χ0) is 13.0. The van der Waals surface area contributed by atoms with Gasteiger partial charge in [-0.15, -0.1) is 11.8 Å². The SMILES string of the molecule is Cc1ccccc1CSc1ncccc1C(N)=O. The van der Waals surface area contributed by atoms with Crippen molar-refractivity contribution in [1.82, 2.24) is 4.98 Å². The van der Waals surface area contributed by atoms with E-state index in [9.17, 15) is 4.79 Å². The van der Waals surface area contributed by atoms with Crippen molar-refractivity contribution in [2.45, 2.75) is 17.7 Å². The first-order chi connectivity index (χ1) is 8.68. The molecule has 3 nitrogen and oxygen atoms in total. The molecule has 0 bridgehead atoms. The van der Waals surface area contributed by atoms with Gasteiger partial charge in [0.1, 0.15) is 5.03 Å². The fourth-order valence-corrected chi connectivity index (χ4v) is 2.69. The third-order valence-electron chi connectivity index (χ3n) is 2.66. The fraction of sp³-hybridized carbons (Fsp3) is 0.143. The molecule has 0 radical (unpaired) electrons. The Morgan fingerprint density at radius 2 is 2.06 bits per heavy atom. The van der Waals surface area contributed by atoms with Gasteiger partial charge in [0.25, 0.3) is 5.91 Å². The minimum Gasteiger partial charge on any atom is -0.366 e. The topological polar surface area (TPSA) is 56.0 Å². The molecule has 0 saturated carbocycles. The van der Waals surface area contributed by atoms with E-state index in [2.05, 4.69) is 24.0 Å². The Bertz CT molecular complexity index is 569. The van der Waals surface area contributed by atoms with E-state index >= 15 is 0 Å². The lowest BCUT2D eigenvalue weighted by Gasteiger charge is -2.07. The van der Waals surface area contributed by atoms with Crippen LogP contribution in [0.15, 0.2) is 47.6 Å². The molecule has 0 fully saturated rings. The Labute approximate surface area is 110 Å². The Hall–Kier alpha value is -1.81. The maximum Gasteiger partial charge on any atom is 0.251 e. The number of nitrogens with two attached hydrogens (primary N) is 1. The number of carbonyl (C=O) groups excluding carboxylic acids is 1. The Morgan fingerprint density at radius 1 is 1.28 bits per heavy atom. The first kappa shape index (κ1) is 12.6. The summed E-state index contributed by atoms with van der Waals surface area (Å²) in [6.07, 6.45) is 1.67. The van der Waals surface area contributed by atoms with Crippen molar-refractivity contribution in [1.29, 1.82) is 0 Å². The Kier molecular flexibility index (Phi) is 3.99. The lowest BCUT2D eigenvalue weighted by Crippen LogP contribution is -2.12. The highest BCUT2D eigenvalue weighted by Crippen LogP contribution is 2.25. The van der Waals surface area contributed by atoms with Crippen LogP contribution in [-0.2, 0) is 5.75 Å². The monoisotopic (exact) mass is 258 g/mol. The predicted molar refractivity (Wildman–Crippen MR) is 73.5 cm³/mol. The third-order valence-corrected chi connectivity index (χ3v) is 3.72. The molecule has 18 heavy (non-hydrogen) atoms. The number of nitrogens with zero attached hydrogens (tertiary/aromatic N) is 1. The van der Waals surface area contributed by atoms with Gasteiger partial charge in [0, 0.05) is 11.9 Å². The first-order valence-corrected chi connectivity index (χ1v) is 6.59. The van der Waals surface area contributed by atoms with Gasteiger partial charge in [0.2, 0.25) is 0 Å². The van der Waals surface area contributed by atoms with E-state index in [1.54, 1.807) is 18.3 Å². The predicted octanol–water partition coefficient (Wildman–Crippen LogP) is 2.78. The number of carbonyl (C=O) groups is 1. The number of hydrogen-bond donors (Lipinski definition) is 1. The molecule has 1 heterocycles. The molecule has 1 aromatic heterocycles. The van der Waals surface area contributed by atoms with Crippen molar-refractivity contribution < 1.29 is 4.79 Å². The second-order valence-electron chi connectivity index (χ2n) is 3.94. The van der Waals surface area contributed by atoms with Gasteiger partial charge in [-0.25, -0.2) is 4.98 Å². The number of pyridine rings is 1. The molecule has 0 aliphatic heterocycles. The van der Waals surface area contributed by atoms with E-state index in [-0.39, 0.29) is 0 Å². The largest absolute Gasteiger partial charge is 0.366 e. The van der Waals surface area contributed by atoms with E-state index in [1.165, 1.54) is 22.9 Å². The number of rotatable bonds is 4. The first-order valence-electron chi connectivity index (χ1n) is 5.60. The molecular formula is C14H14N2OS. The zero-order valence-electron chi connectivity index (χ0n) is 10.1. The third kappa shape index (κ3) is 2.90. The van der Waals surface area contributed by atoms with Crippen molar-refractivity contribution >= 4 is 17.7 Å². The average molecular weight is 258 g/mol. The standard InChI is InChI=1S/C14H14N2OS/c1-10-5-2-3-6-11(10)9-18-14-12(13(15)17)7-4-8-16-14/h2-8H,9H2,1H3,(H2,15,17). The molecule has 0 atom stereocenters. The van der Waals surface area contributed by atoms with Gasteiger partial charge < -0.3 is 5.73 Å². The lowest BCUT2D eigenvalue weighted by atomic mass is 10.1. The number of amides is 1. The Morgan fingerprint density at radius 3 is 2.78 bits per heavy atom. The molecule has 0 aliphatic carbocycles. The lowest BCUT2D eigenvalue weighted by molar-refractivity contribution is 0.0997. The molecule has 2 aromatic rings.